The zero-order valence-corrected chi connectivity index (χ0v) is 20.2. The average Bonchev–Trinajstić information content (AvgIpc) is 3.48. The summed E-state index contributed by atoms with van der Waals surface area (Å²) >= 11 is 0. The van der Waals surface area contributed by atoms with E-state index in [9.17, 15) is 17.6 Å². The molecule has 8 nitrogen and oxygen atoms in total. The van der Waals surface area contributed by atoms with Gasteiger partial charge < -0.3 is 10.1 Å². The van der Waals surface area contributed by atoms with E-state index in [0.717, 1.165) is 18.5 Å². The molecule has 2 aromatic carbocycles. The number of carbonyl (C=O) groups excluding carboxylic acids is 1. The molecule has 2 N–H and O–H groups in total. The van der Waals surface area contributed by atoms with Gasteiger partial charge in [-0.3, -0.25) is 4.79 Å². The summed E-state index contributed by atoms with van der Waals surface area (Å²) in [4.78, 5) is 13.1. The van der Waals surface area contributed by atoms with E-state index < -0.39 is 15.9 Å². The molecule has 1 aromatic heterocycles. The lowest BCUT2D eigenvalue weighted by Gasteiger charge is -2.14. The van der Waals surface area contributed by atoms with E-state index in [0.29, 0.717) is 11.5 Å². The lowest BCUT2D eigenvalue weighted by atomic mass is 9.92. The zero-order valence-electron chi connectivity index (χ0n) is 19.4. The number of rotatable bonds is 7. The topological polar surface area (TPSA) is 102 Å². The molecule has 0 aliphatic heterocycles. The third-order valence-corrected chi connectivity index (χ3v) is 6.95. The van der Waals surface area contributed by atoms with Crippen molar-refractivity contribution in [1.29, 1.82) is 0 Å². The summed E-state index contributed by atoms with van der Waals surface area (Å²) in [7, 11) is -2.47. The van der Waals surface area contributed by atoms with Crippen LogP contribution in [0.3, 0.4) is 0 Å². The lowest BCUT2D eigenvalue weighted by molar-refractivity contribution is 0.102. The van der Waals surface area contributed by atoms with Gasteiger partial charge in [0, 0.05) is 23.1 Å². The maximum atomic E-state index is 13.4. The van der Waals surface area contributed by atoms with Gasteiger partial charge in [0.2, 0.25) is 10.0 Å². The van der Waals surface area contributed by atoms with Crippen LogP contribution in [0.4, 0.5) is 10.2 Å². The summed E-state index contributed by atoms with van der Waals surface area (Å²) in [5, 5.41) is 7.42. The predicted octanol–water partition coefficient (Wildman–Crippen LogP) is 4.01. The van der Waals surface area contributed by atoms with E-state index >= 15 is 0 Å². The van der Waals surface area contributed by atoms with Crippen LogP contribution in [0.2, 0.25) is 0 Å². The Bertz CT molecular complexity index is 1320. The lowest BCUT2D eigenvalue weighted by Crippen LogP contribution is -2.26. The third-order valence-electron chi connectivity index (χ3n) is 5.41. The number of nitrogens with zero attached hydrogens (tertiary/aromatic N) is 2. The Morgan fingerprint density at radius 2 is 1.79 bits per heavy atom. The highest BCUT2D eigenvalue weighted by molar-refractivity contribution is 7.89. The van der Waals surface area contributed by atoms with E-state index in [4.69, 9.17) is 4.74 Å². The molecular weight excluding hydrogens is 459 g/mol. The fraction of sp³-hybridized carbons (Fsp3) is 0.333. The van der Waals surface area contributed by atoms with Crippen molar-refractivity contribution in [1.82, 2.24) is 14.5 Å². The molecule has 180 valence electrons. The fourth-order valence-corrected chi connectivity index (χ4v) is 4.82. The number of benzene rings is 2. The van der Waals surface area contributed by atoms with Crippen molar-refractivity contribution in [3.8, 4) is 11.4 Å². The van der Waals surface area contributed by atoms with E-state index in [1.54, 1.807) is 18.2 Å². The Kier molecular flexibility index (Phi) is 6.22. The molecule has 34 heavy (non-hydrogen) atoms. The van der Waals surface area contributed by atoms with Crippen molar-refractivity contribution in [2.24, 2.45) is 0 Å². The summed E-state index contributed by atoms with van der Waals surface area (Å²) in [5.74, 6) is -0.382. The minimum atomic E-state index is -3.85. The van der Waals surface area contributed by atoms with Gasteiger partial charge in [-0.15, -0.1) is 0 Å². The van der Waals surface area contributed by atoms with Crippen molar-refractivity contribution >= 4 is 21.7 Å². The second kappa shape index (κ2) is 8.84. The summed E-state index contributed by atoms with van der Waals surface area (Å²) in [5.41, 5.74) is 1.12. The minimum Gasteiger partial charge on any atom is -0.495 e. The summed E-state index contributed by atoms with van der Waals surface area (Å²) in [6, 6.07) is 11.6. The standard InChI is InChI=1S/C24H27FN4O4S/c1-24(2,3)21-14-22(29(27-21)18-10-6-16(25)7-11-18)26-23(30)15-5-12-19(33-4)20(13-15)34(31,32)28-17-8-9-17/h5-7,10-14,17,28H,8-9H2,1-4H3,(H,26,30). The van der Waals surface area contributed by atoms with Gasteiger partial charge in [0.25, 0.3) is 5.91 Å². The van der Waals surface area contributed by atoms with E-state index in [1.165, 1.54) is 42.1 Å². The van der Waals surface area contributed by atoms with Crippen LogP contribution in [-0.4, -0.2) is 37.3 Å². The first kappa shape index (κ1) is 23.9. The summed E-state index contributed by atoms with van der Waals surface area (Å²) < 4.78 is 48.4. The monoisotopic (exact) mass is 486 g/mol. The normalized spacial score (nSPS) is 14.1. The quantitative estimate of drug-likeness (QED) is 0.525. The van der Waals surface area contributed by atoms with Crippen LogP contribution in [0, 0.1) is 5.82 Å². The predicted molar refractivity (Wildman–Crippen MR) is 127 cm³/mol. The number of sulfonamides is 1. The van der Waals surface area contributed by atoms with Crippen LogP contribution in [0.25, 0.3) is 5.69 Å². The van der Waals surface area contributed by atoms with Crippen LogP contribution in [-0.2, 0) is 15.4 Å². The highest BCUT2D eigenvalue weighted by atomic mass is 32.2. The summed E-state index contributed by atoms with van der Waals surface area (Å²) in [6.07, 6.45) is 1.57. The molecule has 1 aliphatic rings. The van der Waals surface area contributed by atoms with Crippen LogP contribution in [0.5, 0.6) is 5.75 Å². The van der Waals surface area contributed by atoms with Gasteiger partial charge in [-0.05, 0) is 55.3 Å². The number of anilines is 1. The Morgan fingerprint density at radius 1 is 1.12 bits per heavy atom. The molecule has 3 aromatic rings. The van der Waals surface area contributed by atoms with Gasteiger partial charge in [0.15, 0.2) is 0 Å². The van der Waals surface area contributed by atoms with Crippen LogP contribution in [0.1, 0.15) is 49.7 Å². The van der Waals surface area contributed by atoms with Crippen molar-refractivity contribution in [3.63, 3.8) is 0 Å². The molecule has 1 aliphatic carbocycles. The largest absolute Gasteiger partial charge is 0.495 e. The molecule has 0 saturated heterocycles. The molecular formula is C24H27FN4O4S. The zero-order chi connectivity index (χ0) is 24.7. The molecule has 1 amide bonds. The smallest absolute Gasteiger partial charge is 0.256 e. The second-order valence-corrected chi connectivity index (χ2v) is 11.0. The average molecular weight is 487 g/mol. The van der Waals surface area contributed by atoms with Crippen LogP contribution in [0.15, 0.2) is 53.4 Å². The SMILES string of the molecule is COc1ccc(C(=O)Nc2cc(C(C)(C)C)nn2-c2ccc(F)cc2)cc1S(=O)(=O)NC1CC1. The minimum absolute atomic E-state index is 0.0898. The first-order chi connectivity index (χ1) is 16.0. The number of amides is 1. The Labute approximate surface area is 198 Å². The maximum absolute atomic E-state index is 13.4. The number of aromatic nitrogens is 2. The highest BCUT2D eigenvalue weighted by Gasteiger charge is 2.30. The molecule has 1 saturated carbocycles. The van der Waals surface area contributed by atoms with Crippen molar-refractivity contribution in [3.05, 3.63) is 65.6 Å². The molecule has 0 spiro atoms. The number of nitrogens with one attached hydrogen (secondary N) is 2. The molecule has 0 atom stereocenters. The second-order valence-electron chi connectivity index (χ2n) is 9.27. The summed E-state index contributed by atoms with van der Waals surface area (Å²) in [6.45, 7) is 5.97. The van der Waals surface area contributed by atoms with Gasteiger partial charge in [-0.1, -0.05) is 20.8 Å². The van der Waals surface area contributed by atoms with Gasteiger partial charge in [-0.25, -0.2) is 22.2 Å². The Hall–Kier alpha value is -3.24. The van der Waals surface area contributed by atoms with Gasteiger partial charge in [0.1, 0.15) is 22.3 Å². The molecule has 0 radical (unpaired) electrons. The number of methoxy groups -OCH3 is 1. The number of hydrogen-bond acceptors (Lipinski definition) is 5. The molecule has 0 unspecified atom stereocenters. The first-order valence-corrected chi connectivity index (χ1v) is 12.3. The maximum Gasteiger partial charge on any atom is 0.256 e. The number of carbonyl (C=O) groups is 1. The highest BCUT2D eigenvalue weighted by Crippen LogP contribution is 2.30. The van der Waals surface area contributed by atoms with E-state index in [1.807, 2.05) is 20.8 Å². The van der Waals surface area contributed by atoms with Crippen LogP contribution >= 0.6 is 0 Å². The van der Waals surface area contributed by atoms with Gasteiger partial charge in [-0.2, -0.15) is 5.10 Å². The molecule has 1 heterocycles. The molecule has 0 bridgehead atoms. The van der Waals surface area contributed by atoms with Gasteiger partial charge >= 0.3 is 0 Å². The number of hydrogen-bond donors (Lipinski definition) is 2. The third kappa shape index (κ3) is 5.13. The number of ether oxygens (including phenoxy) is 1. The Morgan fingerprint density at radius 3 is 2.38 bits per heavy atom. The van der Waals surface area contributed by atoms with E-state index in [-0.39, 0.29) is 33.5 Å². The Balaban J connectivity index is 1.69. The first-order valence-electron chi connectivity index (χ1n) is 10.9. The van der Waals surface area contributed by atoms with E-state index in [2.05, 4.69) is 15.1 Å². The molecule has 4 rings (SSSR count). The van der Waals surface area contributed by atoms with Crippen molar-refractivity contribution in [2.75, 3.05) is 12.4 Å². The van der Waals surface area contributed by atoms with Crippen LogP contribution < -0.4 is 14.8 Å². The van der Waals surface area contributed by atoms with Gasteiger partial charge in [0.05, 0.1) is 18.5 Å². The van der Waals surface area contributed by atoms with Crippen molar-refractivity contribution in [2.45, 2.75) is 50.0 Å². The van der Waals surface area contributed by atoms with Crippen molar-refractivity contribution < 1.29 is 22.3 Å². The fourth-order valence-electron chi connectivity index (χ4n) is 3.32. The molecule has 10 heteroatoms. The number of halogens is 1. The molecule has 1 fully saturated rings.